The second-order valence-electron chi connectivity index (χ2n) is 4.65. The Morgan fingerprint density at radius 1 is 1.30 bits per heavy atom. The van der Waals surface area contributed by atoms with Crippen LogP contribution in [0.3, 0.4) is 0 Å². The lowest BCUT2D eigenvalue weighted by atomic mass is 10.1. The molecule has 0 aliphatic rings. The molecule has 5 nitrogen and oxygen atoms in total. The van der Waals surface area contributed by atoms with Crippen LogP contribution < -0.4 is 16.4 Å². The number of carbonyl (C=O) groups is 1. The van der Waals surface area contributed by atoms with Crippen molar-refractivity contribution < 1.29 is 4.79 Å². The number of pyridine rings is 1. The van der Waals surface area contributed by atoms with Gasteiger partial charge in [0.2, 0.25) is 5.91 Å². The monoisotopic (exact) mass is 270 g/mol. The Hall–Kier alpha value is -2.56. The van der Waals surface area contributed by atoms with Gasteiger partial charge in [-0.3, -0.25) is 4.79 Å². The molecule has 0 saturated heterocycles. The van der Waals surface area contributed by atoms with Crippen LogP contribution in [-0.2, 0) is 4.79 Å². The molecule has 1 aromatic carbocycles. The number of hydrogen-bond donors (Lipinski definition) is 3. The van der Waals surface area contributed by atoms with Gasteiger partial charge in [0.15, 0.2) is 0 Å². The topological polar surface area (TPSA) is 80.0 Å². The standard InChI is InChI=1S/C15H18N4O/c1-10(18-15-7-6-13(16)9-17-15)12-4-3-5-14(8-12)19-11(2)20/h3-10H,16H2,1-2H3,(H,17,18)(H,19,20). The summed E-state index contributed by atoms with van der Waals surface area (Å²) < 4.78 is 0. The number of nitrogens with zero attached hydrogens (tertiary/aromatic N) is 1. The molecule has 104 valence electrons. The van der Waals surface area contributed by atoms with Crippen LogP contribution in [0.1, 0.15) is 25.5 Å². The number of rotatable bonds is 4. The zero-order chi connectivity index (χ0) is 14.5. The zero-order valence-electron chi connectivity index (χ0n) is 11.6. The van der Waals surface area contributed by atoms with Crippen molar-refractivity contribution in [1.82, 2.24) is 4.98 Å². The lowest BCUT2D eigenvalue weighted by Gasteiger charge is -2.16. The van der Waals surface area contributed by atoms with E-state index in [0.29, 0.717) is 5.69 Å². The minimum absolute atomic E-state index is 0.0693. The summed E-state index contributed by atoms with van der Waals surface area (Å²) in [6.45, 7) is 3.53. The Morgan fingerprint density at radius 2 is 2.10 bits per heavy atom. The van der Waals surface area contributed by atoms with Crippen LogP contribution in [0.25, 0.3) is 0 Å². The molecule has 0 saturated carbocycles. The van der Waals surface area contributed by atoms with E-state index < -0.39 is 0 Å². The first-order valence-corrected chi connectivity index (χ1v) is 6.40. The lowest BCUT2D eigenvalue weighted by molar-refractivity contribution is -0.114. The molecule has 5 heteroatoms. The molecule has 0 aliphatic heterocycles. The number of aromatic nitrogens is 1. The van der Waals surface area contributed by atoms with Crippen molar-refractivity contribution in [1.29, 1.82) is 0 Å². The maximum absolute atomic E-state index is 11.1. The van der Waals surface area contributed by atoms with Crippen molar-refractivity contribution in [2.24, 2.45) is 0 Å². The molecule has 0 aliphatic carbocycles. The molecule has 1 atom stereocenters. The van der Waals surface area contributed by atoms with Gasteiger partial charge >= 0.3 is 0 Å². The number of nitrogens with two attached hydrogens (primary N) is 1. The molecule has 20 heavy (non-hydrogen) atoms. The molecule has 1 aromatic heterocycles. The number of nitrogens with one attached hydrogen (secondary N) is 2. The molecule has 0 radical (unpaired) electrons. The average molecular weight is 270 g/mol. The Bertz CT molecular complexity index is 595. The SMILES string of the molecule is CC(=O)Nc1cccc(C(C)Nc2ccc(N)cn2)c1. The fourth-order valence-electron chi connectivity index (χ4n) is 1.88. The Kier molecular flexibility index (Phi) is 4.20. The van der Waals surface area contributed by atoms with Crippen LogP contribution in [0.15, 0.2) is 42.6 Å². The van der Waals surface area contributed by atoms with Gasteiger partial charge in [-0.1, -0.05) is 12.1 Å². The van der Waals surface area contributed by atoms with Gasteiger partial charge in [-0.2, -0.15) is 0 Å². The summed E-state index contributed by atoms with van der Waals surface area (Å²) in [6.07, 6.45) is 1.61. The molecular weight excluding hydrogens is 252 g/mol. The molecule has 2 aromatic rings. The molecule has 4 N–H and O–H groups in total. The fourth-order valence-corrected chi connectivity index (χ4v) is 1.88. The van der Waals surface area contributed by atoms with Gasteiger partial charge < -0.3 is 16.4 Å². The predicted octanol–water partition coefficient (Wildman–Crippen LogP) is 2.80. The van der Waals surface area contributed by atoms with Crippen molar-refractivity contribution in [3.05, 3.63) is 48.2 Å². The molecular formula is C15H18N4O. The molecule has 0 spiro atoms. The summed E-state index contributed by atoms with van der Waals surface area (Å²) in [5.74, 6) is 0.680. The van der Waals surface area contributed by atoms with Crippen LogP contribution >= 0.6 is 0 Å². The maximum Gasteiger partial charge on any atom is 0.221 e. The van der Waals surface area contributed by atoms with Crippen LogP contribution in [-0.4, -0.2) is 10.9 Å². The van der Waals surface area contributed by atoms with E-state index in [4.69, 9.17) is 5.73 Å². The zero-order valence-corrected chi connectivity index (χ0v) is 11.6. The van der Waals surface area contributed by atoms with Crippen molar-refractivity contribution in [3.63, 3.8) is 0 Å². The van der Waals surface area contributed by atoms with Crippen LogP contribution in [0.5, 0.6) is 0 Å². The van der Waals surface area contributed by atoms with E-state index in [0.717, 1.165) is 17.1 Å². The summed E-state index contributed by atoms with van der Waals surface area (Å²) >= 11 is 0. The summed E-state index contributed by atoms with van der Waals surface area (Å²) in [5, 5.41) is 6.06. The molecule has 1 unspecified atom stereocenters. The third-order valence-corrected chi connectivity index (χ3v) is 2.86. The Morgan fingerprint density at radius 3 is 2.75 bits per heavy atom. The second kappa shape index (κ2) is 6.06. The first-order chi connectivity index (χ1) is 9.54. The van der Waals surface area contributed by atoms with E-state index in [1.165, 1.54) is 6.92 Å². The number of amides is 1. The lowest BCUT2D eigenvalue weighted by Crippen LogP contribution is -2.10. The van der Waals surface area contributed by atoms with Crippen LogP contribution in [0.2, 0.25) is 0 Å². The molecule has 0 fully saturated rings. The largest absolute Gasteiger partial charge is 0.397 e. The van der Waals surface area contributed by atoms with Gasteiger partial charge in [-0.25, -0.2) is 4.98 Å². The quantitative estimate of drug-likeness (QED) is 0.798. The third-order valence-electron chi connectivity index (χ3n) is 2.86. The number of carbonyl (C=O) groups excluding carboxylic acids is 1. The number of nitrogen functional groups attached to an aromatic ring is 1. The summed E-state index contributed by atoms with van der Waals surface area (Å²) in [4.78, 5) is 15.3. The number of benzene rings is 1. The van der Waals surface area contributed by atoms with Crippen molar-refractivity contribution in [2.45, 2.75) is 19.9 Å². The number of hydrogen-bond acceptors (Lipinski definition) is 4. The third kappa shape index (κ3) is 3.71. The van der Waals surface area contributed by atoms with E-state index in [1.807, 2.05) is 37.3 Å². The highest BCUT2D eigenvalue weighted by Gasteiger charge is 2.07. The summed E-state index contributed by atoms with van der Waals surface area (Å²) in [5.41, 5.74) is 8.09. The van der Waals surface area contributed by atoms with E-state index in [1.54, 1.807) is 12.3 Å². The van der Waals surface area contributed by atoms with Gasteiger partial charge in [-0.05, 0) is 36.8 Å². The number of anilines is 3. The second-order valence-corrected chi connectivity index (χ2v) is 4.65. The van der Waals surface area contributed by atoms with E-state index in [-0.39, 0.29) is 11.9 Å². The normalized spacial score (nSPS) is 11.7. The van der Waals surface area contributed by atoms with Gasteiger partial charge in [-0.15, -0.1) is 0 Å². The minimum Gasteiger partial charge on any atom is -0.397 e. The molecule has 2 rings (SSSR count). The average Bonchev–Trinajstić information content (AvgIpc) is 2.41. The highest BCUT2D eigenvalue weighted by molar-refractivity contribution is 5.88. The summed E-state index contributed by atoms with van der Waals surface area (Å²) in [6, 6.07) is 11.4. The Labute approximate surface area is 118 Å². The van der Waals surface area contributed by atoms with Crippen molar-refractivity contribution in [3.8, 4) is 0 Å². The van der Waals surface area contributed by atoms with Gasteiger partial charge in [0.25, 0.3) is 0 Å². The first-order valence-electron chi connectivity index (χ1n) is 6.40. The maximum atomic E-state index is 11.1. The van der Waals surface area contributed by atoms with Crippen LogP contribution in [0, 0.1) is 0 Å². The summed E-state index contributed by atoms with van der Waals surface area (Å²) in [7, 11) is 0. The van der Waals surface area contributed by atoms with E-state index in [9.17, 15) is 4.79 Å². The van der Waals surface area contributed by atoms with Gasteiger partial charge in [0.1, 0.15) is 5.82 Å². The van der Waals surface area contributed by atoms with Crippen molar-refractivity contribution >= 4 is 23.1 Å². The van der Waals surface area contributed by atoms with Crippen molar-refractivity contribution in [2.75, 3.05) is 16.4 Å². The molecule has 1 heterocycles. The smallest absolute Gasteiger partial charge is 0.221 e. The first kappa shape index (κ1) is 13.9. The Balaban J connectivity index is 2.10. The molecule has 0 bridgehead atoms. The highest BCUT2D eigenvalue weighted by Crippen LogP contribution is 2.21. The van der Waals surface area contributed by atoms with E-state index in [2.05, 4.69) is 15.6 Å². The van der Waals surface area contributed by atoms with Crippen LogP contribution in [0.4, 0.5) is 17.2 Å². The van der Waals surface area contributed by atoms with Gasteiger partial charge in [0.05, 0.1) is 17.9 Å². The molecule has 1 amide bonds. The fraction of sp³-hybridized carbons (Fsp3) is 0.200. The van der Waals surface area contributed by atoms with Gasteiger partial charge in [0, 0.05) is 12.6 Å². The highest BCUT2D eigenvalue weighted by atomic mass is 16.1. The minimum atomic E-state index is -0.0806. The van der Waals surface area contributed by atoms with E-state index >= 15 is 0 Å². The predicted molar refractivity (Wildman–Crippen MR) is 81.4 cm³/mol.